The molecule has 0 bridgehead atoms. The van der Waals surface area contributed by atoms with Crippen molar-refractivity contribution in [2.24, 2.45) is 0 Å². The van der Waals surface area contributed by atoms with Gasteiger partial charge < -0.3 is 14.7 Å². The van der Waals surface area contributed by atoms with Crippen LogP contribution < -0.4 is 0 Å². The van der Waals surface area contributed by atoms with Crippen LogP contribution in [0.15, 0.2) is 0 Å². The van der Waals surface area contributed by atoms with Gasteiger partial charge in [-0.2, -0.15) is 0 Å². The molecule has 1 aliphatic rings. The molecule has 0 amide bonds. The van der Waals surface area contributed by atoms with E-state index >= 15 is 0 Å². The van der Waals surface area contributed by atoms with Gasteiger partial charge in [0.15, 0.2) is 6.10 Å². The fraction of sp³-hybridized carbons (Fsp3) is 0.900. The highest BCUT2D eigenvalue weighted by molar-refractivity contribution is 7.90. The van der Waals surface area contributed by atoms with Gasteiger partial charge in [-0.05, 0) is 19.9 Å². The summed E-state index contributed by atoms with van der Waals surface area (Å²) in [6.07, 6.45) is 1.62. The van der Waals surface area contributed by atoms with Gasteiger partial charge in [0.1, 0.15) is 9.84 Å². The second-order valence-electron chi connectivity index (χ2n) is 4.55. The van der Waals surface area contributed by atoms with Crippen molar-refractivity contribution in [1.29, 1.82) is 0 Å². The van der Waals surface area contributed by atoms with Crippen LogP contribution in [0.4, 0.5) is 0 Å². The number of carboxylic acid groups (broad SMARTS) is 1. The Morgan fingerprint density at radius 1 is 1.47 bits per heavy atom. The van der Waals surface area contributed by atoms with E-state index in [1.54, 1.807) is 0 Å². The molecule has 1 aliphatic heterocycles. The van der Waals surface area contributed by atoms with Crippen LogP contribution in [0.1, 0.15) is 12.8 Å². The van der Waals surface area contributed by atoms with E-state index in [1.165, 1.54) is 6.26 Å². The number of ether oxygens (including phenoxy) is 1. The Morgan fingerprint density at radius 3 is 2.59 bits per heavy atom. The number of hydrogen-bond donors (Lipinski definition) is 1. The molecule has 6 nitrogen and oxygen atoms in total. The number of carboxylic acids is 1. The molecule has 0 aliphatic carbocycles. The number of sulfone groups is 1. The van der Waals surface area contributed by atoms with Gasteiger partial charge in [-0.15, -0.1) is 0 Å². The van der Waals surface area contributed by atoms with Crippen molar-refractivity contribution in [2.45, 2.75) is 25.0 Å². The van der Waals surface area contributed by atoms with Gasteiger partial charge in [-0.1, -0.05) is 0 Å². The predicted molar refractivity (Wildman–Crippen MR) is 62.7 cm³/mol. The Balaban J connectivity index is 2.28. The molecule has 17 heavy (non-hydrogen) atoms. The van der Waals surface area contributed by atoms with Crippen LogP contribution in [0.5, 0.6) is 0 Å². The maximum Gasteiger partial charge on any atom is 0.332 e. The Kier molecular flexibility index (Phi) is 4.91. The van der Waals surface area contributed by atoms with E-state index in [9.17, 15) is 13.2 Å². The number of carbonyl (C=O) groups is 1. The van der Waals surface area contributed by atoms with E-state index in [0.717, 1.165) is 0 Å². The number of nitrogens with zero attached hydrogens (tertiary/aromatic N) is 1. The minimum atomic E-state index is -2.95. The van der Waals surface area contributed by atoms with Crippen LogP contribution >= 0.6 is 0 Å². The first-order valence-corrected chi connectivity index (χ1v) is 7.58. The van der Waals surface area contributed by atoms with Crippen LogP contribution in [0, 0.1) is 0 Å². The van der Waals surface area contributed by atoms with Crippen LogP contribution in [0.3, 0.4) is 0 Å². The third-order valence-electron chi connectivity index (χ3n) is 2.74. The minimum Gasteiger partial charge on any atom is -0.479 e. The Hall–Kier alpha value is -0.660. The fourth-order valence-corrected chi connectivity index (χ4v) is 2.43. The molecule has 1 saturated heterocycles. The maximum atomic E-state index is 11.0. The number of likely N-dealkylation sites (N-methyl/N-ethyl adjacent to an activating group) is 1. The monoisotopic (exact) mass is 265 g/mol. The van der Waals surface area contributed by atoms with Gasteiger partial charge in [0.25, 0.3) is 0 Å². The molecule has 0 aromatic heterocycles. The van der Waals surface area contributed by atoms with Crippen LogP contribution in [-0.2, 0) is 19.4 Å². The predicted octanol–water partition coefficient (Wildman–Crippen LogP) is -0.405. The molecule has 1 N–H and O–H groups in total. The highest BCUT2D eigenvalue weighted by Crippen LogP contribution is 2.20. The Morgan fingerprint density at radius 2 is 2.12 bits per heavy atom. The largest absolute Gasteiger partial charge is 0.479 e. The standard InChI is InChI=1S/C10H19NO5S/c1-11(5-6-17(2,14)15)7-8-3-4-9(16-8)10(12)13/h8-9H,3-7H2,1-2H3,(H,12,13). The third-order valence-corrected chi connectivity index (χ3v) is 3.67. The summed E-state index contributed by atoms with van der Waals surface area (Å²) in [4.78, 5) is 12.5. The molecule has 1 heterocycles. The molecule has 1 rings (SSSR count). The van der Waals surface area contributed by atoms with E-state index in [1.807, 2.05) is 11.9 Å². The van der Waals surface area contributed by atoms with Crippen molar-refractivity contribution in [3.05, 3.63) is 0 Å². The van der Waals surface area contributed by atoms with E-state index in [4.69, 9.17) is 9.84 Å². The van der Waals surface area contributed by atoms with Gasteiger partial charge in [-0.25, -0.2) is 13.2 Å². The molecule has 2 atom stereocenters. The Labute approximate surface area is 101 Å². The minimum absolute atomic E-state index is 0.110. The smallest absolute Gasteiger partial charge is 0.332 e. The second kappa shape index (κ2) is 5.79. The molecule has 7 heteroatoms. The third kappa shape index (κ3) is 5.47. The average Bonchev–Trinajstić information content (AvgIpc) is 2.62. The molecule has 0 aromatic rings. The molecule has 0 spiro atoms. The van der Waals surface area contributed by atoms with Crippen LogP contribution in [0.25, 0.3) is 0 Å². The summed E-state index contributed by atoms with van der Waals surface area (Å²) in [5.41, 5.74) is 0. The molecule has 2 unspecified atom stereocenters. The first-order valence-electron chi connectivity index (χ1n) is 5.52. The van der Waals surface area contributed by atoms with Gasteiger partial charge >= 0.3 is 5.97 Å². The number of aliphatic carboxylic acids is 1. The summed E-state index contributed by atoms with van der Waals surface area (Å²) in [5, 5.41) is 8.76. The second-order valence-corrected chi connectivity index (χ2v) is 6.81. The van der Waals surface area contributed by atoms with E-state index in [0.29, 0.717) is 25.9 Å². The summed E-state index contributed by atoms with van der Waals surface area (Å²) in [6.45, 7) is 1.01. The molecule has 0 radical (unpaired) electrons. The van der Waals surface area contributed by atoms with Crippen LogP contribution in [-0.4, -0.2) is 68.7 Å². The molecule has 0 aromatic carbocycles. The van der Waals surface area contributed by atoms with Crippen molar-refractivity contribution in [1.82, 2.24) is 4.90 Å². The van der Waals surface area contributed by atoms with Gasteiger partial charge in [0.2, 0.25) is 0 Å². The number of hydrogen-bond acceptors (Lipinski definition) is 5. The normalized spacial score (nSPS) is 25.4. The highest BCUT2D eigenvalue weighted by Gasteiger charge is 2.30. The van der Waals surface area contributed by atoms with Crippen molar-refractivity contribution >= 4 is 15.8 Å². The molecular weight excluding hydrogens is 246 g/mol. The first kappa shape index (κ1) is 14.4. The SMILES string of the molecule is CN(CCS(C)(=O)=O)CC1CCC(C(=O)O)O1. The zero-order valence-corrected chi connectivity index (χ0v) is 10.9. The lowest BCUT2D eigenvalue weighted by atomic mass is 10.2. The van der Waals surface area contributed by atoms with Crippen molar-refractivity contribution in [2.75, 3.05) is 32.1 Å². The van der Waals surface area contributed by atoms with Crippen molar-refractivity contribution in [3.63, 3.8) is 0 Å². The topological polar surface area (TPSA) is 83.9 Å². The number of rotatable bonds is 6. The van der Waals surface area contributed by atoms with Crippen molar-refractivity contribution in [3.8, 4) is 0 Å². The van der Waals surface area contributed by atoms with E-state index in [2.05, 4.69) is 0 Å². The van der Waals surface area contributed by atoms with Crippen molar-refractivity contribution < 1.29 is 23.1 Å². The Bertz CT molecular complexity index is 367. The lowest BCUT2D eigenvalue weighted by Crippen LogP contribution is -2.33. The maximum absolute atomic E-state index is 11.0. The molecule has 0 saturated carbocycles. The van der Waals surface area contributed by atoms with E-state index in [-0.39, 0.29) is 11.9 Å². The summed E-state index contributed by atoms with van der Waals surface area (Å²) < 4.78 is 27.3. The average molecular weight is 265 g/mol. The molecule has 1 fully saturated rings. The quantitative estimate of drug-likeness (QED) is 0.703. The lowest BCUT2D eigenvalue weighted by Gasteiger charge is -2.20. The van der Waals surface area contributed by atoms with Crippen LogP contribution in [0.2, 0.25) is 0 Å². The van der Waals surface area contributed by atoms with Gasteiger partial charge in [0.05, 0.1) is 11.9 Å². The molecule has 100 valence electrons. The summed E-state index contributed by atoms with van der Waals surface area (Å²) in [5.74, 6) is -0.815. The van der Waals surface area contributed by atoms with E-state index < -0.39 is 21.9 Å². The highest BCUT2D eigenvalue weighted by atomic mass is 32.2. The summed E-state index contributed by atoms with van der Waals surface area (Å²) in [7, 11) is -1.15. The zero-order valence-electron chi connectivity index (χ0n) is 10.1. The summed E-state index contributed by atoms with van der Waals surface area (Å²) >= 11 is 0. The first-order chi connectivity index (χ1) is 7.78. The summed E-state index contributed by atoms with van der Waals surface area (Å²) in [6, 6.07) is 0. The van der Waals surface area contributed by atoms with Gasteiger partial charge in [-0.3, -0.25) is 0 Å². The lowest BCUT2D eigenvalue weighted by molar-refractivity contribution is -0.149. The fourth-order valence-electron chi connectivity index (χ4n) is 1.78. The van der Waals surface area contributed by atoms with Gasteiger partial charge in [0, 0.05) is 19.3 Å². The zero-order chi connectivity index (χ0) is 13.1. The molecular formula is C10H19NO5S.